The van der Waals surface area contributed by atoms with Gasteiger partial charge in [0.05, 0.1) is 5.69 Å². The number of piperidine rings is 1. The van der Waals surface area contributed by atoms with E-state index in [1.165, 1.54) is 5.56 Å². The molecule has 1 saturated heterocycles. The van der Waals surface area contributed by atoms with Crippen LogP contribution in [0.15, 0.2) is 79.3 Å². The summed E-state index contributed by atoms with van der Waals surface area (Å²) in [6.07, 6.45) is 7.36. The third kappa shape index (κ3) is 3.06. The Morgan fingerprint density at radius 3 is 2.45 bits per heavy atom. The molecule has 5 rings (SSSR count). The van der Waals surface area contributed by atoms with Crippen molar-refractivity contribution >= 4 is 11.6 Å². The van der Waals surface area contributed by atoms with Gasteiger partial charge in [0.25, 0.3) is 5.91 Å². The lowest BCUT2D eigenvalue weighted by molar-refractivity contribution is 0.0677. The van der Waals surface area contributed by atoms with Crippen LogP contribution < -0.4 is 0 Å². The lowest BCUT2D eigenvalue weighted by atomic mass is 9.70. The molecule has 4 aromatic rings. The van der Waals surface area contributed by atoms with E-state index in [0.29, 0.717) is 18.8 Å². The molecule has 0 radical (unpaired) electrons. The first-order chi connectivity index (χ1) is 14.3. The summed E-state index contributed by atoms with van der Waals surface area (Å²) in [4.78, 5) is 19.7. The summed E-state index contributed by atoms with van der Waals surface area (Å²) in [5.74, 6) is -0.0604. The number of likely N-dealkylation sites (tertiary alicyclic amines) is 1. The van der Waals surface area contributed by atoms with Crippen molar-refractivity contribution in [1.29, 1.82) is 0 Å². The molecule has 29 heavy (non-hydrogen) atoms. The Balaban J connectivity index is 1.50. The van der Waals surface area contributed by atoms with Crippen LogP contribution in [-0.2, 0) is 5.41 Å². The second kappa shape index (κ2) is 7.13. The van der Waals surface area contributed by atoms with Crippen LogP contribution in [0.25, 0.3) is 5.65 Å². The summed E-state index contributed by atoms with van der Waals surface area (Å²) in [6.45, 7) is 1.30. The number of fused-ring (bicyclic) bond motifs is 1. The van der Waals surface area contributed by atoms with Crippen molar-refractivity contribution in [2.24, 2.45) is 0 Å². The van der Waals surface area contributed by atoms with Crippen LogP contribution >= 0.6 is 0 Å². The number of nitrogens with zero attached hydrogens (tertiary/aromatic N) is 5. The third-order valence-electron chi connectivity index (χ3n) is 5.88. The molecule has 0 saturated carbocycles. The van der Waals surface area contributed by atoms with E-state index < -0.39 is 0 Å². The smallest absolute Gasteiger partial charge is 0.274 e. The van der Waals surface area contributed by atoms with Crippen molar-refractivity contribution in [3.05, 3.63) is 96.2 Å². The molecule has 1 fully saturated rings. The van der Waals surface area contributed by atoms with Crippen LogP contribution in [0.3, 0.4) is 0 Å². The molecule has 1 aliphatic heterocycles. The number of aromatic nitrogens is 4. The zero-order chi connectivity index (χ0) is 19.7. The predicted octanol–water partition coefficient (Wildman–Crippen LogP) is 3.35. The van der Waals surface area contributed by atoms with Crippen LogP contribution in [0.2, 0.25) is 0 Å². The highest BCUT2D eigenvalue weighted by Crippen LogP contribution is 2.41. The highest BCUT2D eigenvalue weighted by atomic mass is 16.2. The van der Waals surface area contributed by atoms with Gasteiger partial charge >= 0.3 is 0 Å². The Kier molecular flexibility index (Phi) is 4.31. The number of imidazole rings is 1. The maximum atomic E-state index is 12.8. The normalized spacial score (nSPS) is 16.1. The average molecular weight is 383 g/mol. The van der Waals surface area contributed by atoms with E-state index in [-0.39, 0.29) is 11.3 Å². The fraction of sp³-hybridized carbons (Fsp3) is 0.217. The standard InChI is InChI=1S/C23H21N5O/c29-22(19-9-6-13-24-26-19)27-15-11-23(12-16-27,18-7-2-1-3-8-18)20-17-28-14-5-4-10-21(28)25-20/h1-10,13-14,17H,11-12,15-16H2. The number of hydrogen-bond acceptors (Lipinski definition) is 4. The van der Waals surface area contributed by atoms with Crippen LogP contribution in [0.5, 0.6) is 0 Å². The van der Waals surface area contributed by atoms with E-state index in [0.717, 1.165) is 24.2 Å². The van der Waals surface area contributed by atoms with Gasteiger partial charge in [-0.15, -0.1) is 5.10 Å². The molecular weight excluding hydrogens is 362 g/mol. The minimum atomic E-state index is -0.216. The second-order valence-electron chi connectivity index (χ2n) is 7.44. The number of rotatable bonds is 3. The first-order valence-electron chi connectivity index (χ1n) is 9.83. The van der Waals surface area contributed by atoms with Gasteiger partial charge in [-0.1, -0.05) is 36.4 Å². The Morgan fingerprint density at radius 1 is 0.931 bits per heavy atom. The van der Waals surface area contributed by atoms with Gasteiger partial charge in [0.1, 0.15) is 5.65 Å². The second-order valence-corrected chi connectivity index (χ2v) is 7.44. The van der Waals surface area contributed by atoms with E-state index in [9.17, 15) is 4.79 Å². The molecule has 0 bridgehead atoms. The van der Waals surface area contributed by atoms with Gasteiger partial charge in [-0.05, 0) is 42.7 Å². The summed E-state index contributed by atoms with van der Waals surface area (Å²) in [5, 5.41) is 7.82. The summed E-state index contributed by atoms with van der Waals surface area (Å²) in [6, 6.07) is 20.0. The maximum Gasteiger partial charge on any atom is 0.274 e. The van der Waals surface area contributed by atoms with Gasteiger partial charge in [0, 0.05) is 37.1 Å². The minimum Gasteiger partial charge on any atom is -0.337 e. The Labute approximate surface area is 168 Å². The number of amides is 1. The number of hydrogen-bond donors (Lipinski definition) is 0. The van der Waals surface area contributed by atoms with E-state index in [1.54, 1.807) is 18.3 Å². The molecule has 3 aromatic heterocycles. The molecule has 0 atom stereocenters. The summed E-state index contributed by atoms with van der Waals surface area (Å²) in [7, 11) is 0. The van der Waals surface area contributed by atoms with Gasteiger partial charge in [0.15, 0.2) is 5.69 Å². The van der Waals surface area contributed by atoms with Crippen molar-refractivity contribution in [2.75, 3.05) is 13.1 Å². The molecule has 0 spiro atoms. The molecule has 0 aliphatic carbocycles. The van der Waals surface area contributed by atoms with Gasteiger partial charge < -0.3 is 9.30 Å². The molecule has 0 unspecified atom stereocenters. The zero-order valence-corrected chi connectivity index (χ0v) is 16.0. The molecule has 1 aromatic carbocycles. The molecule has 1 aliphatic rings. The molecule has 6 heteroatoms. The Morgan fingerprint density at radius 2 is 1.72 bits per heavy atom. The highest BCUT2D eigenvalue weighted by molar-refractivity contribution is 5.92. The Bertz CT molecular complexity index is 1100. The first-order valence-corrected chi connectivity index (χ1v) is 9.83. The maximum absolute atomic E-state index is 12.8. The topological polar surface area (TPSA) is 63.4 Å². The van der Waals surface area contributed by atoms with E-state index >= 15 is 0 Å². The minimum absolute atomic E-state index is 0.0604. The molecule has 4 heterocycles. The number of pyridine rings is 1. The van der Waals surface area contributed by atoms with Crippen molar-refractivity contribution in [2.45, 2.75) is 18.3 Å². The Hall–Kier alpha value is -3.54. The summed E-state index contributed by atoms with van der Waals surface area (Å²) >= 11 is 0. The number of carbonyl (C=O) groups is 1. The van der Waals surface area contributed by atoms with Gasteiger partial charge in [0.2, 0.25) is 0 Å². The predicted molar refractivity (Wildman–Crippen MR) is 110 cm³/mol. The lowest BCUT2D eigenvalue weighted by Gasteiger charge is -2.41. The van der Waals surface area contributed by atoms with Crippen LogP contribution in [0, 0.1) is 0 Å². The molecule has 6 nitrogen and oxygen atoms in total. The first kappa shape index (κ1) is 17.6. The van der Waals surface area contributed by atoms with Crippen molar-refractivity contribution < 1.29 is 4.79 Å². The van der Waals surface area contributed by atoms with E-state index in [1.807, 2.05) is 35.4 Å². The molecule has 1 amide bonds. The van der Waals surface area contributed by atoms with Gasteiger partial charge in [-0.2, -0.15) is 5.10 Å². The monoisotopic (exact) mass is 383 g/mol. The SMILES string of the molecule is O=C(c1cccnn1)N1CCC(c2ccccc2)(c2cn3ccccc3n2)CC1. The van der Waals surface area contributed by atoms with Gasteiger partial charge in [-0.3, -0.25) is 4.79 Å². The van der Waals surface area contributed by atoms with E-state index in [4.69, 9.17) is 4.98 Å². The fourth-order valence-corrected chi connectivity index (χ4v) is 4.28. The number of benzene rings is 1. The van der Waals surface area contributed by atoms with Crippen LogP contribution in [-0.4, -0.2) is 43.5 Å². The summed E-state index contributed by atoms with van der Waals surface area (Å²) in [5.41, 5.74) is 3.42. The highest BCUT2D eigenvalue weighted by Gasteiger charge is 2.41. The van der Waals surface area contributed by atoms with Crippen molar-refractivity contribution in [3.8, 4) is 0 Å². The summed E-state index contributed by atoms with van der Waals surface area (Å²) < 4.78 is 2.07. The van der Waals surface area contributed by atoms with Gasteiger partial charge in [-0.25, -0.2) is 4.98 Å². The molecular formula is C23H21N5O. The van der Waals surface area contributed by atoms with Crippen LogP contribution in [0.4, 0.5) is 0 Å². The largest absolute Gasteiger partial charge is 0.337 e. The molecule has 0 N–H and O–H groups in total. The van der Waals surface area contributed by atoms with E-state index in [2.05, 4.69) is 45.1 Å². The van der Waals surface area contributed by atoms with Crippen molar-refractivity contribution in [3.63, 3.8) is 0 Å². The fourth-order valence-electron chi connectivity index (χ4n) is 4.28. The third-order valence-corrected chi connectivity index (χ3v) is 5.88. The molecule has 144 valence electrons. The lowest BCUT2D eigenvalue weighted by Crippen LogP contribution is -2.46. The zero-order valence-electron chi connectivity index (χ0n) is 16.0. The quantitative estimate of drug-likeness (QED) is 0.544. The van der Waals surface area contributed by atoms with Crippen LogP contribution in [0.1, 0.15) is 34.6 Å². The number of carbonyl (C=O) groups excluding carboxylic acids is 1. The van der Waals surface area contributed by atoms with Crippen molar-refractivity contribution in [1.82, 2.24) is 24.5 Å². The average Bonchev–Trinajstić information content (AvgIpc) is 3.25.